The Labute approximate surface area is 105 Å². The molecule has 2 aliphatic rings. The van der Waals surface area contributed by atoms with Gasteiger partial charge in [0.25, 0.3) is 0 Å². The minimum Gasteiger partial charge on any atom is -0.378 e. The fourth-order valence-electron chi connectivity index (χ4n) is 2.91. The lowest BCUT2D eigenvalue weighted by atomic mass is 9.89. The van der Waals surface area contributed by atoms with Crippen molar-refractivity contribution in [3.05, 3.63) is 0 Å². The van der Waals surface area contributed by atoms with Crippen molar-refractivity contribution < 1.29 is 9.47 Å². The van der Waals surface area contributed by atoms with E-state index in [1.165, 1.54) is 6.42 Å². The second-order valence-electron chi connectivity index (χ2n) is 5.87. The zero-order chi connectivity index (χ0) is 12.3. The summed E-state index contributed by atoms with van der Waals surface area (Å²) in [6.07, 6.45) is 5.04. The van der Waals surface area contributed by atoms with Crippen molar-refractivity contribution in [1.82, 2.24) is 5.32 Å². The summed E-state index contributed by atoms with van der Waals surface area (Å²) in [5.41, 5.74) is 0.0910. The van der Waals surface area contributed by atoms with Crippen LogP contribution in [0.2, 0.25) is 0 Å². The van der Waals surface area contributed by atoms with E-state index in [4.69, 9.17) is 9.47 Å². The lowest BCUT2D eigenvalue weighted by Gasteiger charge is -2.38. The Bertz CT molecular complexity index is 246. The summed E-state index contributed by atoms with van der Waals surface area (Å²) in [5, 5.41) is 3.72. The van der Waals surface area contributed by atoms with Crippen molar-refractivity contribution in [2.75, 3.05) is 19.8 Å². The van der Waals surface area contributed by atoms with Gasteiger partial charge in [0.2, 0.25) is 0 Å². The van der Waals surface area contributed by atoms with Crippen LogP contribution in [0, 0.1) is 5.92 Å². The van der Waals surface area contributed by atoms with Gasteiger partial charge in [0.1, 0.15) is 0 Å². The maximum atomic E-state index is 5.87. The molecule has 2 saturated heterocycles. The van der Waals surface area contributed by atoms with Crippen molar-refractivity contribution in [2.45, 2.75) is 64.2 Å². The SMILES string of the molecule is CCC1(C)CC(NCC2CCOC2C)CCO1. The first-order chi connectivity index (χ1) is 8.13. The Morgan fingerprint density at radius 2 is 2.12 bits per heavy atom. The molecule has 1 N–H and O–H groups in total. The normalized spacial score (nSPS) is 42.9. The fourth-order valence-corrected chi connectivity index (χ4v) is 2.91. The van der Waals surface area contributed by atoms with E-state index in [2.05, 4.69) is 26.1 Å². The first-order valence-corrected chi connectivity index (χ1v) is 7.12. The van der Waals surface area contributed by atoms with Crippen LogP contribution in [0.15, 0.2) is 0 Å². The van der Waals surface area contributed by atoms with Gasteiger partial charge >= 0.3 is 0 Å². The Morgan fingerprint density at radius 1 is 1.29 bits per heavy atom. The molecule has 2 heterocycles. The van der Waals surface area contributed by atoms with E-state index in [-0.39, 0.29) is 5.60 Å². The summed E-state index contributed by atoms with van der Waals surface area (Å²) in [5.74, 6) is 0.700. The zero-order valence-corrected chi connectivity index (χ0v) is 11.5. The van der Waals surface area contributed by atoms with Crippen LogP contribution in [-0.2, 0) is 9.47 Å². The van der Waals surface area contributed by atoms with Crippen molar-refractivity contribution in [2.24, 2.45) is 5.92 Å². The molecule has 4 atom stereocenters. The smallest absolute Gasteiger partial charge is 0.0666 e. The maximum Gasteiger partial charge on any atom is 0.0666 e. The van der Waals surface area contributed by atoms with Crippen LogP contribution in [0.4, 0.5) is 0 Å². The second-order valence-corrected chi connectivity index (χ2v) is 5.87. The minimum atomic E-state index is 0.0910. The molecule has 0 aromatic rings. The Morgan fingerprint density at radius 3 is 2.76 bits per heavy atom. The van der Waals surface area contributed by atoms with Gasteiger partial charge < -0.3 is 14.8 Å². The van der Waals surface area contributed by atoms with Crippen LogP contribution in [0.3, 0.4) is 0 Å². The van der Waals surface area contributed by atoms with Gasteiger partial charge in [-0.05, 0) is 45.4 Å². The molecule has 0 aliphatic carbocycles. The van der Waals surface area contributed by atoms with Gasteiger partial charge in [-0.2, -0.15) is 0 Å². The lowest BCUT2D eigenvalue weighted by molar-refractivity contribution is -0.0783. The highest BCUT2D eigenvalue weighted by atomic mass is 16.5. The molecular formula is C14H27NO2. The molecule has 17 heavy (non-hydrogen) atoms. The van der Waals surface area contributed by atoms with E-state index in [1.807, 2.05) is 0 Å². The van der Waals surface area contributed by atoms with E-state index in [1.54, 1.807) is 0 Å². The quantitative estimate of drug-likeness (QED) is 0.819. The van der Waals surface area contributed by atoms with Crippen molar-refractivity contribution in [1.29, 1.82) is 0 Å². The molecule has 100 valence electrons. The first-order valence-electron chi connectivity index (χ1n) is 7.12. The lowest BCUT2D eigenvalue weighted by Crippen LogP contribution is -2.46. The van der Waals surface area contributed by atoms with E-state index in [0.717, 1.165) is 39.0 Å². The predicted octanol–water partition coefficient (Wildman–Crippen LogP) is 2.35. The van der Waals surface area contributed by atoms with Crippen molar-refractivity contribution in [3.63, 3.8) is 0 Å². The molecule has 4 unspecified atom stereocenters. The van der Waals surface area contributed by atoms with E-state index in [0.29, 0.717) is 18.1 Å². The molecule has 0 amide bonds. The monoisotopic (exact) mass is 241 g/mol. The molecular weight excluding hydrogens is 214 g/mol. The average molecular weight is 241 g/mol. The maximum absolute atomic E-state index is 5.87. The summed E-state index contributed by atoms with van der Waals surface area (Å²) in [6, 6.07) is 0.626. The Hall–Kier alpha value is -0.120. The van der Waals surface area contributed by atoms with Crippen LogP contribution in [-0.4, -0.2) is 37.5 Å². The third kappa shape index (κ3) is 3.43. The van der Waals surface area contributed by atoms with E-state index < -0.39 is 0 Å². The van der Waals surface area contributed by atoms with Crippen molar-refractivity contribution >= 4 is 0 Å². The van der Waals surface area contributed by atoms with Crippen LogP contribution in [0.25, 0.3) is 0 Å². The van der Waals surface area contributed by atoms with Crippen LogP contribution in [0.5, 0.6) is 0 Å². The summed E-state index contributed by atoms with van der Waals surface area (Å²) in [4.78, 5) is 0. The highest BCUT2D eigenvalue weighted by molar-refractivity contribution is 4.86. The van der Waals surface area contributed by atoms with Gasteiger partial charge in [-0.1, -0.05) is 6.92 Å². The molecule has 0 aromatic carbocycles. The van der Waals surface area contributed by atoms with Gasteiger partial charge in [-0.15, -0.1) is 0 Å². The summed E-state index contributed by atoms with van der Waals surface area (Å²) < 4.78 is 11.5. The molecule has 0 radical (unpaired) electrons. The minimum absolute atomic E-state index is 0.0910. The molecule has 0 saturated carbocycles. The third-order valence-corrected chi connectivity index (χ3v) is 4.54. The molecule has 3 heteroatoms. The molecule has 0 bridgehead atoms. The molecule has 2 rings (SSSR count). The van der Waals surface area contributed by atoms with Crippen molar-refractivity contribution in [3.8, 4) is 0 Å². The van der Waals surface area contributed by atoms with Gasteiger partial charge in [-0.25, -0.2) is 0 Å². The third-order valence-electron chi connectivity index (χ3n) is 4.54. The van der Waals surface area contributed by atoms with Crippen LogP contribution < -0.4 is 5.32 Å². The number of hydrogen-bond donors (Lipinski definition) is 1. The van der Waals surface area contributed by atoms with Crippen LogP contribution >= 0.6 is 0 Å². The van der Waals surface area contributed by atoms with Crippen LogP contribution in [0.1, 0.15) is 46.5 Å². The highest BCUT2D eigenvalue weighted by Gasteiger charge is 2.32. The van der Waals surface area contributed by atoms with Gasteiger partial charge in [0.05, 0.1) is 11.7 Å². The van der Waals surface area contributed by atoms with Gasteiger partial charge in [0, 0.05) is 25.8 Å². The predicted molar refractivity (Wildman–Crippen MR) is 69.2 cm³/mol. The number of hydrogen-bond acceptors (Lipinski definition) is 3. The Balaban J connectivity index is 1.75. The zero-order valence-electron chi connectivity index (χ0n) is 11.5. The van der Waals surface area contributed by atoms with E-state index >= 15 is 0 Å². The topological polar surface area (TPSA) is 30.5 Å². The summed E-state index contributed by atoms with van der Waals surface area (Å²) in [6.45, 7) is 9.59. The van der Waals surface area contributed by atoms with Gasteiger partial charge in [-0.3, -0.25) is 0 Å². The number of ether oxygens (including phenoxy) is 2. The van der Waals surface area contributed by atoms with E-state index in [9.17, 15) is 0 Å². The molecule has 3 nitrogen and oxygen atoms in total. The Kier molecular flexibility index (Phi) is 4.45. The summed E-state index contributed by atoms with van der Waals surface area (Å²) >= 11 is 0. The fraction of sp³-hybridized carbons (Fsp3) is 1.00. The number of nitrogens with one attached hydrogen (secondary N) is 1. The molecule has 0 aromatic heterocycles. The second kappa shape index (κ2) is 5.68. The highest BCUT2D eigenvalue weighted by Crippen LogP contribution is 2.28. The molecule has 0 spiro atoms. The summed E-state index contributed by atoms with van der Waals surface area (Å²) in [7, 11) is 0. The largest absolute Gasteiger partial charge is 0.378 e. The standard InChI is InChI=1S/C14H27NO2/c1-4-14(3)9-13(6-8-17-14)15-10-12-5-7-16-11(12)2/h11-13,15H,4-10H2,1-3H3. The van der Waals surface area contributed by atoms with Gasteiger partial charge in [0.15, 0.2) is 0 Å². The molecule has 2 fully saturated rings. The average Bonchev–Trinajstić information content (AvgIpc) is 2.73. The number of rotatable bonds is 4. The first kappa shape index (κ1) is 13.3. The molecule has 2 aliphatic heterocycles.